The van der Waals surface area contributed by atoms with E-state index in [-0.39, 0.29) is 0 Å². The number of rotatable bonds is 3. The lowest BCUT2D eigenvalue weighted by atomic mass is 10.2. The third kappa shape index (κ3) is 2.80. The van der Waals surface area contributed by atoms with Crippen LogP contribution < -0.4 is 0 Å². The molecule has 0 saturated carbocycles. The third-order valence-corrected chi connectivity index (χ3v) is 4.41. The minimum atomic E-state index is 0.796. The van der Waals surface area contributed by atoms with Crippen molar-refractivity contribution in [2.45, 2.75) is 6.54 Å². The van der Waals surface area contributed by atoms with Crippen LogP contribution in [0.25, 0.3) is 22.4 Å². The van der Waals surface area contributed by atoms with Gasteiger partial charge < -0.3 is 4.57 Å². The van der Waals surface area contributed by atoms with Gasteiger partial charge >= 0.3 is 0 Å². The van der Waals surface area contributed by atoms with Crippen LogP contribution in [0, 0.1) is 0 Å². The molecule has 0 amide bonds. The van der Waals surface area contributed by atoms with Crippen LogP contribution in [0.5, 0.6) is 0 Å². The number of para-hydroxylation sites is 2. The van der Waals surface area contributed by atoms with Gasteiger partial charge in [0.1, 0.15) is 5.82 Å². The second-order valence-corrected chi connectivity index (χ2v) is 6.42. The maximum atomic E-state index is 4.85. The minimum Gasteiger partial charge on any atom is -0.319 e. The van der Waals surface area contributed by atoms with Crippen LogP contribution in [-0.4, -0.2) is 9.55 Å². The standard InChI is InChI=1S/C20H15BrN2/c21-17-10-6-7-15(13-17)14-23-19-12-5-4-11-18(19)22-20(23)16-8-2-1-3-9-16/h1-13H,14H2. The molecule has 4 rings (SSSR count). The van der Waals surface area contributed by atoms with E-state index in [4.69, 9.17) is 4.98 Å². The van der Waals surface area contributed by atoms with Gasteiger partial charge in [0.15, 0.2) is 0 Å². The summed E-state index contributed by atoms with van der Waals surface area (Å²) in [6, 6.07) is 27.1. The van der Waals surface area contributed by atoms with Crippen molar-refractivity contribution in [3.8, 4) is 11.4 Å². The van der Waals surface area contributed by atoms with E-state index in [0.29, 0.717) is 0 Å². The molecule has 0 unspecified atom stereocenters. The summed E-state index contributed by atoms with van der Waals surface area (Å²) < 4.78 is 3.38. The van der Waals surface area contributed by atoms with Crippen LogP contribution in [0.4, 0.5) is 0 Å². The van der Waals surface area contributed by atoms with Gasteiger partial charge in [0.05, 0.1) is 11.0 Å². The fourth-order valence-corrected chi connectivity index (χ4v) is 3.31. The average molecular weight is 363 g/mol. The van der Waals surface area contributed by atoms with Gasteiger partial charge in [-0.3, -0.25) is 0 Å². The van der Waals surface area contributed by atoms with Crippen molar-refractivity contribution in [3.63, 3.8) is 0 Å². The second-order valence-electron chi connectivity index (χ2n) is 5.51. The summed E-state index contributed by atoms with van der Waals surface area (Å²) in [5.41, 5.74) is 4.58. The molecule has 0 spiro atoms. The number of benzene rings is 3. The van der Waals surface area contributed by atoms with E-state index in [1.807, 2.05) is 18.2 Å². The number of fused-ring (bicyclic) bond motifs is 1. The number of nitrogens with zero attached hydrogens (tertiary/aromatic N) is 2. The number of halogens is 1. The number of aromatic nitrogens is 2. The van der Waals surface area contributed by atoms with Crippen molar-refractivity contribution in [1.29, 1.82) is 0 Å². The van der Waals surface area contributed by atoms with E-state index in [0.717, 1.165) is 33.4 Å². The molecule has 0 aliphatic carbocycles. The lowest BCUT2D eigenvalue weighted by Crippen LogP contribution is -2.02. The van der Waals surface area contributed by atoms with Crippen molar-refractivity contribution in [3.05, 3.63) is 88.9 Å². The van der Waals surface area contributed by atoms with Gasteiger partial charge in [-0.15, -0.1) is 0 Å². The fraction of sp³-hybridized carbons (Fsp3) is 0.0500. The third-order valence-electron chi connectivity index (χ3n) is 3.92. The molecule has 2 nitrogen and oxygen atoms in total. The first-order valence-electron chi connectivity index (χ1n) is 7.56. The van der Waals surface area contributed by atoms with Crippen LogP contribution in [0.1, 0.15) is 5.56 Å². The van der Waals surface area contributed by atoms with Crippen LogP contribution in [0.15, 0.2) is 83.3 Å². The Hall–Kier alpha value is -2.39. The summed E-state index contributed by atoms with van der Waals surface area (Å²) in [4.78, 5) is 4.85. The van der Waals surface area contributed by atoms with Crippen molar-refractivity contribution < 1.29 is 0 Å². The van der Waals surface area contributed by atoms with Crippen molar-refractivity contribution >= 4 is 27.0 Å². The smallest absolute Gasteiger partial charge is 0.141 e. The Bertz CT molecular complexity index is 958. The first kappa shape index (κ1) is 14.2. The van der Waals surface area contributed by atoms with Crippen LogP contribution in [0.2, 0.25) is 0 Å². The zero-order valence-corrected chi connectivity index (χ0v) is 14.1. The highest BCUT2D eigenvalue weighted by atomic mass is 79.9. The monoisotopic (exact) mass is 362 g/mol. The van der Waals surface area contributed by atoms with Gasteiger partial charge in [-0.1, -0.05) is 70.5 Å². The molecule has 0 atom stereocenters. The van der Waals surface area contributed by atoms with Crippen molar-refractivity contribution in [2.24, 2.45) is 0 Å². The van der Waals surface area contributed by atoms with Crippen molar-refractivity contribution in [2.75, 3.05) is 0 Å². The molecule has 0 aliphatic rings. The number of imidazole rings is 1. The summed E-state index contributed by atoms with van der Waals surface area (Å²) in [5.74, 6) is 1.01. The second kappa shape index (κ2) is 6.01. The zero-order chi connectivity index (χ0) is 15.6. The summed E-state index contributed by atoms with van der Waals surface area (Å²) in [6.07, 6.45) is 0. The minimum absolute atomic E-state index is 0.796. The largest absolute Gasteiger partial charge is 0.319 e. The topological polar surface area (TPSA) is 17.8 Å². The van der Waals surface area contributed by atoms with E-state index in [1.54, 1.807) is 0 Å². The highest BCUT2D eigenvalue weighted by molar-refractivity contribution is 9.10. The van der Waals surface area contributed by atoms with Crippen LogP contribution >= 0.6 is 15.9 Å². The molecule has 0 bridgehead atoms. The predicted octanol–water partition coefficient (Wildman–Crippen LogP) is 5.51. The highest BCUT2D eigenvalue weighted by Gasteiger charge is 2.12. The summed E-state index contributed by atoms with van der Waals surface area (Å²) in [7, 11) is 0. The molecule has 1 heterocycles. The maximum absolute atomic E-state index is 4.85. The molecule has 0 aliphatic heterocycles. The molecular weight excluding hydrogens is 348 g/mol. The average Bonchev–Trinajstić information content (AvgIpc) is 2.95. The fourth-order valence-electron chi connectivity index (χ4n) is 2.86. The maximum Gasteiger partial charge on any atom is 0.141 e. The lowest BCUT2D eigenvalue weighted by Gasteiger charge is -2.10. The molecule has 4 aromatic rings. The Morgan fingerprint density at radius 1 is 0.826 bits per heavy atom. The SMILES string of the molecule is Brc1cccc(Cn2c(-c3ccccc3)nc3ccccc32)c1. The molecule has 0 radical (unpaired) electrons. The van der Waals surface area contributed by atoms with E-state index in [9.17, 15) is 0 Å². The van der Waals surface area contributed by atoms with Crippen molar-refractivity contribution in [1.82, 2.24) is 9.55 Å². The van der Waals surface area contributed by atoms with E-state index in [1.165, 1.54) is 5.56 Å². The Labute approximate surface area is 143 Å². The summed E-state index contributed by atoms with van der Waals surface area (Å²) in [5, 5.41) is 0. The van der Waals surface area contributed by atoms with Gasteiger partial charge in [-0.25, -0.2) is 4.98 Å². The first-order valence-corrected chi connectivity index (χ1v) is 8.36. The Kier molecular flexibility index (Phi) is 3.72. The normalized spacial score (nSPS) is 11.0. The quantitative estimate of drug-likeness (QED) is 0.469. The predicted molar refractivity (Wildman–Crippen MR) is 98.4 cm³/mol. The zero-order valence-electron chi connectivity index (χ0n) is 12.5. The molecule has 1 aromatic heterocycles. The molecule has 3 heteroatoms. The van der Waals surface area contributed by atoms with E-state index in [2.05, 4.69) is 81.2 Å². The Morgan fingerprint density at radius 2 is 1.61 bits per heavy atom. The molecule has 23 heavy (non-hydrogen) atoms. The van der Waals surface area contributed by atoms with Crippen LogP contribution in [0.3, 0.4) is 0 Å². The molecule has 3 aromatic carbocycles. The molecule has 0 N–H and O–H groups in total. The van der Waals surface area contributed by atoms with Gasteiger partial charge in [-0.2, -0.15) is 0 Å². The first-order chi connectivity index (χ1) is 11.3. The Morgan fingerprint density at radius 3 is 2.43 bits per heavy atom. The molecule has 112 valence electrons. The number of hydrogen-bond donors (Lipinski definition) is 0. The van der Waals surface area contributed by atoms with E-state index >= 15 is 0 Å². The Balaban J connectivity index is 1.89. The van der Waals surface area contributed by atoms with Gasteiger partial charge in [0.25, 0.3) is 0 Å². The van der Waals surface area contributed by atoms with Gasteiger partial charge in [-0.05, 0) is 29.8 Å². The summed E-state index contributed by atoms with van der Waals surface area (Å²) >= 11 is 3.55. The number of hydrogen-bond acceptors (Lipinski definition) is 1. The molecule has 0 fully saturated rings. The lowest BCUT2D eigenvalue weighted by molar-refractivity contribution is 0.834. The summed E-state index contributed by atoms with van der Waals surface area (Å²) in [6.45, 7) is 0.796. The van der Waals surface area contributed by atoms with Gasteiger partial charge in [0, 0.05) is 16.6 Å². The van der Waals surface area contributed by atoms with Gasteiger partial charge in [0.2, 0.25) is 0 Å². The van der Waals surface area contributed by atoms with Crippen LogP contribution in [-0.2, 0) is 6.54 Å². The van der Waals surface area contributed by atoms with E-state index < -0.39 is 0 Å². The molecule has 0 saturated heterocycles. The molecular formula is C20H15BrN2. The highest BCUT2D eigenvalue weighted by Crippen LogP contribution is 2.26.